The van der Waals surface area contributed by atoms with E-state index in [-0.39, 0.29) is 24.8 Å². The van der Waals surface area contributed by atoms with Crippen molar-refractivity contribution in [1.29, 1.82) is 0 Å². The molecular formula is C17H22N2O4S. The van der Waals surface area contributed by atoms with Crippen LogP contribution in [0.5, 0.6) is 0 Å². The average Bonchev–Trinajstić information content (AvgIpc) is 2.94. The third-order valence-electron chi connectivity index (χ3n) is 4.16. The smallest absolute Gasteiger partial charge is 0.310 e. The van der Waals surface area contributed by atoms with E-state index in [9.17, 15) is 14.4 Å². The highest BCUT2D eigenvalue weighted by Crippen LogP contribution is 2.27. The lowest BCUT2D eigenvalue weighted by molar-refractivity contribution is -0.147. The normalized spacial score (nSPS) is 17.9. The summed E-state index contributed by atoms with van der Waals surface area (Å²) >= 11 is 1.62. The second-order valence-electron chi connectivity index (χ2n) is 6.51. The number of anilines is 1. The van der Waals surface area contributed by atoms with Gasteiger partial charge in [0.25, 0.3) is 0 Å². The van der Waals surface area contributed by atoms with Crippen LogP contribution in [0.4, 0.5) is 5.69 Å². The highest BCUT2D eigenvalue weighted by Gasteiger charge is 2.36. The molecule has 1 saturated heterocycles. The summed E-state index contributed by atoms with van der Waals surface area (Å²) < 4.78 is 0. The maximum absolute atomic E-state index is 12.3. The molecule has 0 radical (unpaired) electrons. The zero-order valence-electron chi connectivity index (χ0n) is 14.0. The van der Waals surface area contributed by atoms with Crippen molar-refractivity contribution in [3.8, 4) is 0 Å². The molecule has 1 aliphatic rings. The minimum Gasteiger partial charge on any atom is -0.481 e. The zero-order valence-corrected chi connectivity index (χ0v) is 14.9. The van der Waals surface area contributed by atoms with E-state index in [0.29, 0.717) is 6.54 Å². The molecule has 24 heavy (non-hydrogen) atoms. The van der Waals surface area contributed by atoms with Crippen LogP contribution in [0.2, 0.25) is 0 Å². The number of benzene rings is 1. The molecule has 0 aliphatic carbocycles. The van der Waals surface area contributed by atoms with Crippen LogP contribution in [-0.4, -0.2) is 42.2 Å². The predicted octanol–water partition coefficient (Wildman–Crippen LogP) is 1.99. The Hall–Kier alpha value is -2.02. The molecule has 6 nitrogen and oxygen atoms in total. The van der Waals surface area contributed by atoms with Crippen LogP contribution in [0.1, 0.15) is 20.3 Å². The van der Waals surface area contributed by atoms with E-state index in [0.717, 1.165) is 10.6 Å². The number of amides is 2. The van der Waals surface area contributed by atoms with Gasteiger partial charge < -0.3 is 15.3 Å². The number of aliphatic carboxylic acids is 1. The largest absolute Gasteiger partial charge is 0.481 e. The average molecular weight is 350 g/mol. The highest BCUT2D eigenvalue weighted by atomic mass is 32.2. The van der Waals surface area contributed by atoms with Gasteiger partial charge in [-0.25, -0.2) is 0 Å². The van der Waals surface area contributed by atoms with Gasteiger partial charge in [0.1, 0.15) is 0 Å². The maximum atomic E-state index is 12.3. The van der Waals surface area contributed by atoms with Crippen molar-refractivity contribution in [1.82, 2.24) is 5.32 Å². The fourth-order valence-corrected chi connectivity index (χ4v) is 2.83. The Morgan fingerprint density at radius 3 is 2.50 bits per heavy atom. The van der Waals surface area contributed by atoms with Crippen LogP contribution in [0.3, 0.4) is 0 Å². The number of rotatable bonds is 6. The summed E-state index contributed by atoms with van der Waals surface area (Å²) in [5.74, 6) is -1.80. The van der Waals surface area contributed by atoms with E-state index in [4.69, 9.17) is 5.11 Å². The summed E-state index contributed by atoms with van der Waals surface area (Å²) in [5, 5.41) is 11.7. The summed E-state index contributed by atoms with van der Waals surface area (Å²) in [6.07, 6.45) is 2.12. The van der Waals surface area contributed by atoms with Gasteiger partial charge in [-0.3, -0.25) is 14.4 Å². The zero-order chi connectivity index (χ0) is 17.9. The SMILES string of the molecule is CSc1ccc(N2CC(C(=O)NCC(C)(C)C(=O)O)CC2=O)cc1. The van der Waals surface area contributed by atoms with E-state index < -0.39 is 17.3 Å². The Morgan fingerprint density at radius 2 is 1.96 bits per heavy atom. The predicted molar refractivity (Wildman–Crippen MR) is 93.1 cm³/mol. The summed E-state index contributed by atoms with van der Waals surface area (Å²) in [5.41, 5.74) is -0.259. The van der Waals surface area contributed by atoms with Gasteiger partial charge in [-0.2, -0.15) is 0 Å². The molecule has 2 amide bonds. The van der Waals surface area contributed by atoms with Crippen LogP contribution in [-0.2, 0) is 14.4 Å². The molecule has 1 aromatic carbocycles. The molecule has 1 heterocycles. The quantitative estimate of drug-likeness (QED) is 0.766. The Bertz CT molecular complexity index is 642. The van der Waals surface area contributed by atoms with Gasteiger partial charge in [0.15, 0.2) is 0 Å². The van der Waals surface area contributed by atoms with Crippen molar-refractivity contribution in [2.45, 2.75) is 25.2 Å². The molecular weight excluding hydrogens is 328 g/mol. The Balaban J connectivity index is 1.98. The minimum absolute atomic E-state index is 0.0360. The van der Waals surface area contributed by atoms with Crippen molar-refractivity contribution in [3.05, 3.63) is 24.3 Å². The van der Waals surface area contributed by atoms with Gasteiger partial charge in [-0.1, -0.05) is 0 Å². The summed E-state index contributed by atoms with van der Waals surface area (Å²) in [7, 11) is 0. The molecule has 130 valence electrons. The van der Waals surface area contributed by atoms with Crippen molar-refractivity contribution in [2.24, 2.45) is 11.3 Å². The molecule has 1 aliphatic heterocycles. The first-order valence-electron chi connectivity index (χ1n) is 7.70. The van der Waals surface area contributed by atoms with Crippen LogP contribution >= 0.6 is 11.8 Å². The fourth-order valence-electron chi connectivity index (χ4n) is 2.42. The number of carbonyl (C=O) groups excluding carboxylic acids is 2. The number of hydrogen-bond donors (Lipinski definition) is 2. The molecule has 2 N–H and O–H groups in total. The highest BCUT2D eigenvalue weighted by molar-refractivity contribution is 7.98. The first-order valence-corrected chi connectivity index (χ1v) is 8.92. The number of carboxylic acids is 1. The first-order chi connectivity index (χ1) is 11.2. The van der Waals surface area contributed by atoms with E-state index in [2.05, 4.69) is 5.32 Å². The number of carbonyl (C=O) groups is 3. The van der Waals surface area contributed by atoms with Gasteiger partial charge in [-0.05, 0) is 44.4 Å². The summed E-state index contributed by atoms with van der Waals surface area (Å²) in [4.78, 5) is 38.2. The van der Waals surface area contributed by atoms with E-state index >= 15 is 0 Å². The molecule has 1 aromatic rings. The number of thioether (sulfide) groups is 1. The van der Waals surface area contributed by atoms with Crippen molar-refractivity contribution in [3.63, 3.8) is 0 Å². The Kier molecular flexibility index (Phi) is 5.54. The molecule has 1 fully saturated rings. The van der Waals surface area contributed by atoms with Gasteiger partial charge in [0.05, 0.1) is 11.3 Å². The van der Waals surface area contributed by atoms with Gasteiger partial charge in [-0.15, -0.1) is 11.8 Å². The standard InChI is InChI=1S/C17H22N2O4S/c1-17(2,16(22)23)10-18-15(21)11-8-14(20)19(9-11)12-4-6-13(24-3)7-5-12/h4-7,11H,8-10H2,1-3H3,(H,18,21)(H,22,23). The number of hydrogen-bond acceptors (Lipinski definition) is 4. The van der Waals surface area contributed by atoms with Crippen molar-refractivity contribution in [2.75, 3.05) is 24.2 Å². The molecule has 0 bridgehead atoms. The van der Waals surface area contributed by atoms with Crippen molar-refractivity contribution < 1.29 is 19.5 Å². The van der Waals surface area contributed by atoms with Crippen LogP contribution in [0.15, 0.2) is 29.2 Å². The molecule has 0 aromatic heterocycles. The van der Waals surface area contributed by atoms with Gasteiger partial charge in [0, 0.05) is 30.1 Å². The molecule has 0 saturated carbocycles. The lowest BCUT2D eigenvalue weighted by Gasteiger charge is -2.21. The lowest BCUT2D eigenvalue weighted by atomic mass is 9.93. The third kappa shape index (κ3) is 4.08. The molecule has 0 spiro atoms. The van der Waals surface area contributed by atoms with Crippen LogP contribution in [0.25, 0.3) is 0 Å². The van der Waals surface area contributed by atoms with Crippen LogP contribution < -0.4 is 10.2 Å². The lowest BCUT2D eigenvalue weighted by Crippen LogP contribution is -2.41. The Morgan fingerprint density at radius 1 is 1.33 bits per heavy atom. The topological polar surface area (TPSA) is 86.7 Å². The van der Waals surface area contributed by atoms with Crippen molar-refractivity contribution >= 4 is 35.2 Å². The van der Waals surface area contributed by atoms with Gasteiger partial charge >= 0.3 is 5.97 Å². The van der Waals surface area contributed by atoms with Crippen LogP contribution in [0, 0.1) is 11.3 Å². The van der Waals surface area contributed by atoms with Gasteiger partial charge in [0.2, 0.25) is 11.8 Å². The first kappa shape index (κ1) is 18.3. The number of nitrogens with zero attached hydrogens (tertiary/aromatic N) is 1. The third-order valence-corrected chi connectivity index (χ3v) is 4.91. The molecule has 1 atom stereocenters. The Labute approximate surface area is 145 Å². The van der Waals surface area contributed by atoms with E-state index in [1.807, 2.05) is 30.5 Å². The van der Waals surface area contributed by atoms with E-state index in [1.54, 1.807) is 30.5 Å². The van der Waals surface area contributed by atoms with E-state index in [1.165, 1.54) is 0 Å². The summed E-state index contributed by atoms with van der Waals surface area (Å²) in [6.45, 7) is 3.45. The number of nitrogens with one attached hydrogen (secondary N) is 1. The second kappa shape index (κ2) is 7.25. The summed E-state index contributed by atoms with van der Waals surface area (Å²) in [6, 6.07) is 7.63. The molecule has 2 rings (SSSR count). The monoisotopic (exact) mass is 350 g/mol. The minimum atomic E-state index is -1.04. The number of carboxylic acid groups (broad SMARTS) is 1. The maximum Gasteiger partial charge on any atom is 0.310 e. The molecule has 1 unspecified atom stereocenters. The molecule has 7 heteroatoms. The second-order valence-corrected chi connectivity index (χ2v) is 7.39. The fraction of sp³-hybridized carbons (Fsp3) is 0.471.